The number of thiazole rings is 1. The zero-order valence-corrected chi connectivity index (χ0v) is 12.0. The SMILES string of the molecule is COc1c(C)cc(C)cc1-c1[nH]c(=S)sc1C. The topological polar surface area (TPSA) is 25.0 Å². The number of benzene rings is 1. The average Bonchev–Trinajstić information content (AvgIpc) is 2.56. The minimum absolute atomic E-state index is 0.804. The normalized spacial score (nSPS) is 10.6. The van der Waals surface area contributed by atoms with Crippen molar-refractivity contribution in [1.82, 2.24) is 4.98 Å². The standard InChI is InChI=1S/C13H15NOS2/c1-7-5-8(2)12(15-4)10(6-7)11-9(3)17-13(16)14-11/h5-6H,1-4H3,(H,14,16). The smallest absolute Gasteiger partial charge is 0.159 e. The molecule has 17 heavy (non-hydrogen) atoms. The maximum atomic E-state index is 5.50. The van der Waals surface area contributed by atoms with Crippen LogP contribution in [0.3, 0.4) is 0 Å². The third-order valence-electron chi connectivity index (χ3n) is 2.72. The lowest BCUT2D eigenvalue weighted by Gasteiger charge is -2.12. The monoisotopic (exact) mass is 265 g/mol. The Bertz CT molecular complexity index is 610. The molecule has 0 saturated heterocycles. The second-order valence-electron chi connectivity index (χ2n) is 4.11. The van der Waals surface area contributed by atoms with Crippen LogP contribution in [-0.2, 0) is 0 Å². The van der Waals surface area contributed by atoms with Crippen molar-refractivity contribution in [3.8, 4) is 17.0 Å². The van der Waals surface area contributed by atoms with Gasteiger partial charge in [-0.15, -0.1) is 11.3 Å². The van der Waals surface area contributed by atoms with Gasteiger partial charge in [0.15, 0.2) is 3.95 Å². The predicted octanol–water partition coefficient (Wildman–Crippen LogP) is 4.41. The van der Waals surface area contributed by atoms with E-state index in [1.165, 1.54) is 10.4 Å². The van der Waals surface area contributed by atoms with Crippen LogP contribution in [0.25, 0.3) is 11.3 Å². The summed E-state index contributed by atoms with van der Waals surface area (Å²) in [4.78, 5) is 4.44. The predicted molar refractivity (Wildman–Crippen MR) is 75.7 cm³/mol. The van der Waals surface area contributed by atoms with Gasteiger partial charge in [-0.3, -0.25) is 0 Å². The van der Waals surface area contributed by atoms with Gasteiger partial charge < -0.3 is 9.72 Å². The number of rotatable bonds is 2. The molecule has 1 aromatic carbocycles. The Morgan fingerprint density at radius 2 is 1.94 bits per heavy atom. The highest BCUT2D eigenvalue weighted by Crippen LogP contribution is 2.36. The molecule has 0 radical (unpaired) electrons. The molecule has 0 atom stereocenters. The summed E-state index contributed by atoms with van der Waals surface area (Å²) in [7, 11) is 1.71. The van der Waals surface area contributed by atoms with E-state index in [4.69, 9.17) is 17.0 Å². The first-order valence-electron chi connectivity index (χ1n) is 5.38. The highest BCUT2D eigenvalue weighted by Gasteiger charge is 2.13. The second kappa shape index (κ2) is 4.63. The molecule has 1 heterocycles. The molecule has 0 aliphatic rings. The molecule has 0 bridgehead atoms. The van der Waals surface area contributed by atoms with Gasteiger partial charge in [0.25, 0.3) is 0 Å². The van der Waals surface area contributed by atoms with Crippen LogP contribution in [0, 0.1) is 24.7 Å². The van der Waals surface area contributed by atoms with Crippen molar-refractivity contribution in [2.24, 2.45) is 0 Å². The van der Waals surface area contributed by atoms with Crippen molar-refractivity contribution in [3.63, 3.8) is 0 Å². The molecule has 0 aliphatic carbocycles. The second-order valence-corrected chi connectivity index (χ2v) is 6.00. The molecular weight excluding hydrogens is 250 g/mol. The number of H-pyrrole nitrogens is 1. The molecule has 0 saturated carbocycles. The quantitative estimate of drug-likeness (QED) is 0.814. The summed E-state index contributed by atoms with van der Waals surface area (Å²) in [5.74, 6) is 0.919. The van der Waals surface area contributed by atoms with Gasteiger partial charge in [-0.2, -0.15) is 0 Å². The first-order chi connectivity index (χ1) is 8.02. The van der Waals surface area contributed by atoms with Crippen molar-refractivity contribution in [2.75, 3.05) is 7.11 Å². The van der Waals surface area contributed by atoms with Gasteiger partial charge in [0.2, 0.25) is 0 Å². The van der Waals surface area contributed by atoms with Gasteiger partial charge in [-0.05, 0) is 50.2 Å². The van der Waals surface area contributed by atoms with E-state index in [1.54, 1.807) is 18.4 Å². The van der Waals surface area contributed by atoms with Gasteiger partial charge in [0, 0.05) is 10.4 Å². The van der Waals surface area contributed by atoms with E-state index in [9.17, 15) is 0 Å². The van der Waals surface area contributed by atoms with Gasteiger partial charge in [0.05, 0.1) is 12.8 Å². The van der Waals surface area contributed by atoms with Crippen molar-refractivity contribution in [2.45, 2.75) is 20.8 Å². The van der Waals surface area contributed by atoms with Crippen LogP contribution < -0.4 is 4.74 Å². The number of aryl methyl sites for hydroxylation is 3. The molecule has 0 fully saturated rings. The minimum atomic E-state index is 0.804. The molecule has 2 nitrogen and oxygen atoms in total. The van der Waals surface area contributed by atoms with Crippen LogP contribution in [0.5, 0.6) is 5.75 Å². The zero-order chi connectivity index (χ0) is 12.6. The van der Waals surface area contributed by atoms with Crippen molar-refractivity contribution in [1.29, 1.82) is 0 Å². The number of ether oxygens (including phenoxy) is 1. The van der Waals surface area contributed by atoms with E-state index < -0.39 is 0 Å². The van der Waals surface area contributed by atoms with Crippen molar-refractivity contribution >= 4 is 23.6 Å². The average molecular weight is 265 g/mol. The summed E-state index contributed by atoms with van der Waals surface area (Å²) in [6, 6.07) is 4.25. The third-order valence-corrected chi connectivity index (χ3v) is 3.87. The number of hydrogen-bond donors (Lipinski definition) is 1. The Balaban J connectivity index is 2.74. The fourth-order valence-corrected chi connectivity index (χ4v) is 3.24. The van der Waals surface area contributed by atoms with E-state index in [2.05, 4.69) is 37.9 Å². The number of aromatic nitrogens is 1. The zero-order valence-electron chi connectivity index (χ0n) is 10.4. The Morgan fingerprint density at radius 1 is 1.24 bits per heavy atom. The molecule has 1 aromatic heterocycles. The summed E-state index contributed by atoms with van der Waals surface area (Å²) < 4.78 is 6.30. The van der Waals surface area contributed by atoms with Crippen LogP contribution in [0.15, 0.2) is 12.1 Å². The first kappa shape index (κ1) is 12.3. The van der Waals surface area contributed by atoms with E-state index in [0.29, 0.717) is 0 Å². The highest BCUT2D eigenvalue weighted by atomic mass is 32.1. The van der Waals surface area contributed by atoms with Gasteiger partial charge in [0.1, 0.15) is 5.75 Å². The minimum Gasteiger partial charge on any atom is -0.496 e. The lowest BCUT2D eigenvalue weighted by atomic mass is 10.0. The Labute approximate surface area is 110 Å². The van der Waals surface area contributed by atoms with Crippen LogP contribution in [0.2, 0.25) is 0 Å². The molecule has 0 aliphatic heterocycles. The molecular formula is C13H15NOS2. The molecule has 0 spiro atoms. The van der Waals surface area contributed by atoms with Crippen LogP contribution in [0.1, 0.15) is 16.0 Å². The molecule has 1 N–H and O–H groups in total. The van der Waals surface area contributed by atoms with Gasteiger partial charge in [-0.1, -0.05) is 6.07 Å². The Kier molecular flexibility index (Phi) is 3.35. The summed E-state index contributed by atoms with van der Waals surface area (Å²) in [6.07, 6.45) is 0. The molecule has 0 amide bonds. The molecule has 90 valence electrons. The summed E-state index contributed by atoms with van der Waals surface area (Å²) >= 11 is 6.79. The first-order valence-corrected chi connectivity index (χ1v) is 6.60. The van der Waals surface area contributed by atoms with Gasteiger partial charge >= 0.3 is 0 Å². The molecule has 4 heteroatoms. The van der Waals surface area contributed by atoms with E-state index in [1.807, 2.05) is 0 Å². The van der Waals surface area contributed by atoms with E-state index >= 15 is 0 Å². The fraction of sp³-hybridized carbons (Fsp3) is 0.308. The summed E-state index contributed by atoms with van der Waals surface area (Å²) in [5.41, 5.74) is 4.54. The number of nitrogens with one attached hydrogen (secondary N) is 1. The van der Waals surface area contributed by atoms with E-state index in [0.717, 1.165) is 26.5 Å². The van der Waals surface area contributed by atoms with Crippen LogP contribution in [0.4, 0.5) is 0 Å². The number of aromatic amines is 1. The highest BCUT2D eigenvalue weighted by molar-refractivity contribution is 7.73. The Hall–Kier alpha value is -1.13. The van der Waals surface area contributed by atoms with Gasteiger partial charge in [-0.25, -0.2) is 0 Å². The van der Waals surface area contributed by atoms with Crippen molar-refractivity contribution < 1.29 is 4.74 Å². The fourth-order valence-electron chi connectivity index (χ4n) is 2.07. The summed E-state index contributed by atoms with van der Waals surface area (Å²) in [5, 5.41) is 0. The number of hydrogen-bond acceptors (Lipinski definition) is 3. The Morgan fingerprint density at radius 3 is 2.47 bits per heavy atom. The maximum absolute atomic E-state index is 5.50. The third kappa shape index (κ3) is 2.28. The maximum Gasteiger partial charge on any atom is 0.159 e. The number of methoxy groups -OCH3 is 1. The molecule has 0 unspecified atom stereocenters. The largest absolute Gasteiger partial charge is 0.496 e. The molecule has 2 rings (SSSR count). The summed E-state index contributed by atoms with van der Waals surface area (Å²) in [6.45, 7) is 6.22. The van der Waals surface area contributed by atoms with Crippen LogP contribution >= 0.6 is 23.6 Å². The molecule has 2 aromatic rings. The lowest BCUT2D eigenvalue weighted by molar-refractivity contribution is 0.413. The van der Waals surface area contributed by atoms with Crippen LogP contribution in [-0.4, -0.2) is 12.1 Å². The lowest BCUT2D eigenvalue weighted by Crippen LogP contribution is -1.93. The van der Waals surface area contributed by atoms with E-state index in [-0.39, 0.29) is 0 Å². The van der Waals surface area contributed by atoms with Crippen molar-refractivity contribution in [3.05, 3.63) is 32.1 Å².